The van der Waals surface area contributed by atoms with Crippen molar-refractivity contribution in [2.24, 2.45) is 0 Å². The quantitative estimate of drug-likeness (QED) is 0.468. The summed E-state index contributed by atoms with van der Waals surface area (Å²) >= 11 is 0. The van der Waals surface area contributed by atoms with Gasteiger partial charge in [-0.2, -0.15) is 0 Å². The molecule has 3 heteroatoms. The van der Waals surface area contributed by atoms with Crippen molar-refractivity contribution in [1.29, 1.82) is 0 Å². The molecule has 1 amide bonds. The summed E-state index contributed by atoms with van der Waals surface area (Å²) in [6.45, 7) is 5.09. The van der Waals surface area contributed by atoms with Crippen molar-refractivity contribution < 1.29 is 4.79 Å². The van der Waals surface area contributed by atoms with Gasteiger partial charge in [-0.1, -0.05) is 0 Å². The predicted octanol–water partition coefficient (Wildman–Crippen LogP) is -0.501. The fourth-order valence-electron chi connectivity index (χ4n) is 0.793. The molecule has 1 radical (unpaired) electrons. The van der Waals surface area contributed by atoms with Gasteiger partial charge in [0.1, 0.15) is 5.54 Å². The van der Waals surface area contributed by atoms with Crippen molar-refractivity contribution in [3.63, 3.8) is 0 Å². The van der Waals surface area contributed by atoms with E-state index < -0.39 is 5.54 Å². The van der Waals surface area contributed by atoms with E-state index in [2.05, 4.69) is 10.6 Å². The van der Waals surface area contributed by atoms with E-state index in [4.69, 9.17) is 0 Å². The van der Waals surface area contributed by atoms with Crippen LogP contribution in [0, 0.1) is 0 Å². The Kier molecular flexibility index (Phi) is 1.45. The first kappa shape index (κ1) is 6.55. The first-order valence-electron chi connectivity index (χ1n) is 3.10. The molecule has 9 heavy (non-hydrogen) atoms. The average molecular weight is 127 g/mol. The van der Waals surface area contributed by atoms with Gasteiger partial charge in [-0.25, -0.2) is 5.32 Å². The number of hydrogen-bond acceptors (Lipinski definition) is 1. The number of nitrogens with one attached hydrogen (secondary N) is 1. The molecule has 0 aromatic heterocycles. The topological polar surface area (TPSA) is 43.2 Å². The summed E-state index contributed by atoms with van der Waals surface area (Å²) < 4.78 is 0. The lowest BCUT2D eigenvalue weighted by molar-refractivity contribution is -0.128. The van der Waals surface area contributed by atoms with Gasteiger partial charge in [-0.05, 0) is 13.8 Å². The number of amides is 1. The molecule has 3 nitrogen and oxygen atoms in total. The molecular formula is C6H11N2O. The van der Waals surface area contributed by atoms with Crippen LogP contribution in [0.25, 0.3) is 0 Å². The van der Waals surface area contributed by atoms with Crippen LogP contribution >= 0.6 is 0 Å². The van der Waals surface area contributed by atoms with E-state index >= 15 is 0 Å². The minimum atomic E-state index is -0.488. The van der Waals surface area contributed by atoms with Crippen LogP contribution in [-0.2, 0) is 4.79 Å². The van der Waals surface area contributed by atoms with Crippen LogP contribution in [0.1, 0.15) is 13.8 Å². The zero-order valence-electron chi connectivity index (χ0n) is 5.77. The normalized spacial score (nSPS) is 25.3. The largest absolute Gasteiger partial charge is 0.353 e. The maximum absolute atomic E-state index is 10.9. The third-order valence-corrected chi connectivity index (χ3v) is 1.46. The fourth-order valence-corrected chi connectivity index (χ4v) is 0.793. The van der Waals surface area contributed by atoms with E-state index in [1.165, 1.54) is 0 Å². The van der Waals surface area contributed by atoms with Crippen LogP contribution in [0.5, 0.6) is 0 Å². The molecule has 0 aromatic carbocycles. The highest BCUT2D eigenvalue weighted by Gasteiger charge is 2.30. The molecule has 1 aliphatic rings. The van der Waals surface area contributed by atoms with E-state index in [0.29, 0.717) is 6.54 Å². The Morgan fingerprint density at radius 2 is 2.33 bits per heavy atom. The molecular weight excluding hydrogens is 116 g/mol. The van der Waals surface area contributed by atoms with E-state index in [9.17, 15) is 4.79 Å². The van der Waals surface area contributed by atoms with Gasteiger partial charge in [-0.15, -0.1) is 0 Å². The molecule has 0 aliphatic carbocycles. The van der Waals surface area contributed by atoms with E-state index in [0.717, 1.165) is 6.54 Å². The summed E-state index contributed by atoms with van der Waals surface area (Å²) in [5.74, 6) is 0.0359. The summed E-state index contributed by atoms with van der Waals surface area (Å²) in [6.07, 6.45) is 0. The first-order chi connectivity index (χ1) is 4.13. The zero-order chi connectivity index (χ0) is 6.91. The van der Waals surface area contributed by atoms with Crippen LogP contribution in [0.4, 0.5) is 0 Å². The van der Waals surface area contributed by atoms with Crippen LogP contribution in [0.2, 0.25) is 0 Å². The highest BCUT2D eigenvalue weighted by Crippen LogP contribution is 2.05. The SMILES string of the molecule is CC1(C)[N]CCNC1=O. The maximum Gasteiger partial charge on any atom is 0.241 e. The summed E-state index contributed by atoms with van der Waals surface area (Å²) in [6, 6.07) is 0. The van der Waals surface area contributed by atoms with Crippen molar-refractivity contribution in [1.82, 2.24) is 10.6 Å². The van der Waals surface area contributed by atoms with Gasteiger partial charge in [0.25, 0.3) is 0 Å². The van der Waals surface area contributed by atoms with E-state index in [1.54, 1.807) is 0 Å². The number of carbonyl (C=O) groups excluding carboxylic acids is 1. The Bertz CT molecular complexity index is 131. The molecule has 0 aromatic rings. The molecule has 0 bridgehead atoms. The second kappa shape index (κ2) is 1.99. The van der Waals surface area contributed by atoms with Crippen molar-refractivity contribution >= 4 is 5.91 Å². The van der Waals surface area contributed by atoms with Crippen molar-refractivity contribution in [2.75, 3.05) is 13.1 Å². The molecule has 0 atom stereocenters. The third kappa shape index (κ3) is 1.21. The highest BCUT2D eigenvalue weighted by atomic mass is 16.2. The Labute approximate surface area is 54.8 Å². The fraction of sp³-hybridized carbons (Fsp3) is 0.833. The van der Waals surface area contributed by atoms with Gasteiger partial charge in [0.15, 0.2) is 0 Å². The third-order valence-electron chi connectivity index (χ3n) is 1.46. The second-order valence-corrected chi connectivity index (χ2v) is 2.70. The van der Waals surface area contributed by atoms with Gasteiger partial charge < -0.3 is 5.32 Å². The number of carbonyl (C=O) groups is 1. The predicted molar refractivity (Wildman–Crippen MR) is 34.1 cm³/mol. The number of hydrogen-bond donors (Lipinski definition) is 1. The van der Waals surface area contributed by atoms with Gasteiger partial charge in [0.2, 0.25) is 5.91 Å². The Balaban J connectivity index is 2.60. The summed E-state index contributed by atoms with van der Waals surface area (Å²) in [5.41, 5.74) is -0.488. The molecule has 1 fully saturated rings. The summed E-state index contributed by atoms with van der Waals surface area (Å²) in [7, 11) is 0. The lowest BCUT2D eigenvalue weighted by Crippen LogP contribution is -2.55. The molecule has 1 aliphatic heterocycles. The maximum atomic E-state index is 10.9. The molecule has 1 saturated heterocycles. The molecule has 1 rings (SSSR count). The van der Waals surface area contributed by atoms with Gasteiger partial charge >= 0.3 is 0 Å². The molecule has 51 valence electrons. The van der Waals surface area contributed by atoms with Crippen molar-refractivity contribution in [3.05, 3.63) is 0 Å². The van der Waals surface area contributed by atoms with Gasteiger partial charge in [0.05, 0.1) is 0 Å². The zero-order valence-corrected chi connectivity index (χ0v) is 5.77. The first-order valence-corrected chi connectivity index (χ1v) is 3.10. The smallest absolute Gasteiger partial charge is 0.241 e. The Morgan fingerprint density at radius 3 is 2.67 bits per heavy atom. The van der Waals surface area contributed by atoms with Crippen molar-refractivity contribution in [2.45, 2.75) is 19.4 Å². The molecule has 0 spiro atoms. The van der Waals surface area contributed by atoms with Crippen LogP contribution in [-0.4, -0.2) is 24.5 Å². The minimum Gasteiger partial charge on any atom is -0.353 e. The van der Waals surface area contributed by atoms with E-state index in [1.807, 2.05) is 13.8 Å². The number of nitrogens with zero attached hydrogens (tertiary/aromatic N) is 1. The minimum absolute atomic E-state index is 0.0359. The average Bonchev–Trinajstić information content (AvgIpc) is 1.77. The van der Waals surface area contributed by atoms with Crippen molar-refractivity contribution in [3.8, 4) is 0 Å². The number of piperazine rings is 1. The van der Waals surface area contributed by atoms with Crippen LogP contribution < -0.4 is 10.6 Å². The lowest BCUT2D eigenvalue weighted by Gasteiger charge is -2.27. The van der Waals surface area contributed by atoms with Gasteiger partial charge in [0, 0.05) is 13.1 Å². The van der Waals surface area contributed by atoms with E-state index in [-0.39, 0.29) is 5.91 Å². The summed E-state index contributed by atoms with van der Waals surface area (Å²) in [4.78, 5) is 10.9. The highest BCUT2D eigenvalue weighted by molar-refractivity contribution is 5.85. The molecule has 0 unspecified atom stereocenters. The standard InChI is InChI=1S/C6H11N2O/c1-6(2)5(9)7-3-4-8-6/h3-4H2,1-2H3,(H,7,9). The Morgan fingerprint density at radius 1 is 1.67 bits per heavy atom. The van der Waals surface area contributed by atoms with Crippen LogP contribution in [0.3, 0.4) is 0 Å². The monoisotopic (exact) mass is 127 g/mol. The summed E-state index contributed by atoms with van der Waals surface area (Å²) in [5, 5.41) is 6.87. The van der Waals surface area contributed by atoms with Gasteiger partial charge in [-0.3, -0.25) is 4.79 Å². The van der Waals surface area contributed by atoms with Crippen LogP contribution in [0.15, 0.2) is 0 Å². The molecule has 1 N–H and O–H groups in total. The molecule has 1 heterocycles. The lowest BCUT2D eigenvalue weighted by atomic mass is 10.0. The second-order valence-electron chi connectivity index (χ2n) is 2.70. The molecule has 0 saturated carbocycles. The Hall–Kier alpha value is -0.570. The number of rotatable bonds is 0.